The smallest absolute Gasteiger partial charge is 0.309 e. The van der Waals surface area contributed by atoms with E-state index in [1.165, 1.54) is 38.5 Å². The van der Waals surface area contributed by atoms with Crippen molar-refractivity contribution in [2.24, 2.45) is 51.8 Å². The molecule has 10 unspecified atom stereocenters. The number of carboxylic acids is 1. The van der Waals surface area contributed by atoms with E-state index in [9.17, 15) is 15.0 Å². The van der Waals surface area contributed by atoms with Crippen LogP contribution < -0.4 is 0 Å². The van der Waals surface area contributed by atoms with Gasteiger partial charge < -0.3 is 10.2 Å². The molecule has 5 saturated carbocycles. The van der Waals surface area contributed by atoms with Crippen LogP contribution in [0.3, 0.4) is 0 Å². The van der Waals surface area contributed by atoms with Crippen molar-refractivity contribution in [3.05, 3.63) is 12.7 Å². The van der Waals surface area contributed by atoms with E-state index in [2.05, 4.69) is 27.4 Å². The highest BCUT2D eigenvalue weighted by atomic mass is 16.4. The summed E-state index contributed by atoms with van der Waals surface area (Å²) >= 11 is 0. The first-order valence-corrected chi connectivity index (χ1v) is 14.6. The minimum atomic E-state index is -0.487. The van der Waals surface area contributed by atoms with Crippen LogP contribution in [0.5, 0.6) is 0 Å². The number of fused-ring (bicyclic) bond motifs is 7. The third-order valence-electron chi connectivity index (χ3n) is 11.7. The number of carbonyl (C=O) groups is 1. The number of aliphatic hydroxyl groups excluding tert-OH is 1. The van der Waals surface area contributed by atoms with Gasteiger partial charge in [-0.25, -0.2) is 0 Å². The highest BCUT2D eigenvalue weighted by Gasteiger charge is 2.65. The average Bonchev–Trinajstić information content (AvgIpc) is 2.83. The molecule has 0 spiro atoms. The molecule has 10 atom stereocenters. The largest absolute Gasteiger partial charge is 0.481 e. The molecule has 5 fully saturated rings. The Hall–Kier alpha value is -0.830. The fraction of sp³-hybridized carbons (Fsp3) is 0.903. The molecule has 0 amide bonds. The van der Waals surface area contributed by atoms with Crippen molar-refractivity contribution in [1.82, 2.24) is 0 Å². The Morgan fingerprint density at radius 1 is 0.853 bits per heavy atom. The molecule has 196 valence electrons. The summed E-state index contributed by atoms with van der Waals surface area (Å²) in [6.45, 7) is 16.7. The Labute approximate surface area is 210 Å². The molecule has 0 aromatic heterocycles. The minimum Gasteiger partial charge on any atom is -0.481 e. The molecule has 0 heterocycles. The molecule has 0 radical (unpaired) electrons. The van der Waals surface area contributed by atoms with Crippen LogP contribution in [0.1, 0.15) is 119 Å². The molecule has 3 heteroatoms. The highest BCUT2D eigenvalue weighted by molar-refractivity contribution is 5.75. The number of hydrogen-bond acceptors (Lipinski definition) is 2. The van der Waals surface area contributed by atoms with E-state index in [1.807, 2.05) is 20.8 Å². The summed E-state index contributed by atoms with van der Waals surface area (Å²) in [7, 11) is 0. The maximum atomic E-state index is 12.4. The molecule has 0 bridgehead atoms. The lowest BCUT2D eigenvalue weighted by molar-refractivity contribution is -0.206. The van der Waals surface area contributed by atoms with Crippen molar-refractivity contribution >= 4 is 5.97 Å². The van der Waals surface area contributed by atoms with E-state index in [0.29, 0.717) is 34.5 Å². The zero-order chi connectivity index (χ0) is 25.3. The summed E-state index contributed by atoms with van der Waals surface area (Å²) < 4.78 is 0. The van der Waals surface area contributed by atoms with Crippen molar-refractivity contribution in [1.29, 1.82) is 0 Å². The SMILES string of the molecule is C=CC.CC.CC1C(O)CCC2(C)C1CCC1(C)C3CCC4(C(=O)O)CCCCC4C3CCC21. The molecule has 0 aromatic rings. The Morgan fingerprint density at radius 3 is 2.09 bits per heavy atom. The molecule has 3 nitrogen and oxygen atoms in total. The van der Waals surface area contributed by atoms with Gasteiger partial charge in [0, 0.05) is 0 Å². The summed E-state index contributed by atoms with van der Waals surface area (Å²) in [5.41, 5.74) is 0.329. The lowest BCUT2D eigenvalue weighted by Gasteiger charge is -2.68. The Kier molecular flexibility index (Phi) is 8.69. The van der Waals surface area contributed by atoms with Crippen molar-refractivity contribution in [3.63, 3.8) is 0 Å². The quantitative estimate of drug-likeness (QED) is 0.377. The third-order valence-corrected chi connectivity index (χ3v) is 11.7. The van der Waals surface area contributed by atoms with E-state index in [4.69, 9.17) is 0 Å². The lowest BCUT2D eigenvalue weighted by atomic mass is 9.37. The Balaban J connectivity index is 0.000000603. The monoisotopic (exact) mass is 474 g/mol. The molecule has 5 aliphatic rings. The van der Waals surface area contributed by atoms with E-state index < -0.39 is 11.4 Å². The minimum absolute atomic E-state index is 0.109. The molecule has 0 aromatic carbocycles. The summed E-state index contributed by atoms with van der Waals surface area (Å²) in [6.07, 6.45) is 15.4. The van der Waals surface area contributed by atoms with E-state index in [1.54, 1.807) is 6.08 Å². The zero-order valence-electron chi connectivity index (χ0n) is 23.1. The van der Waals surface area contributed by atoms with Crippen LogP contribution in [-0.4, -0.2) is 22.3 Å². The van der Waals surface area contributed by atoms with Gasteiger partial charge >= 0.3 is 5.97 Å². The summed E-state index contributed by atoms with van der Waals surface area (Å²) in [5.74, 6) is 3.13. The van der Waals surface area contributed by atoms with Crippen molar-refractivity contribution in [2.45, 2.75) is 125 Å². The van der Waals surface area contributed by atoms with E-state index in [-0.39, 0.29) is 6.10 Å². The standard InChI is InChI=1S/C26H42O3.C3H6.C2H6/c1-16-18-9-13-25(3)19-10-15-26(23(28)29)12-5-4-6-20(26)17(19)7-8-22(25)24(18,2)14-11-21(16)27;1-3-2;1-2/h16-22,27H,4-15H2,1-3H3,(H,28,29);3H,1H2,2H3;1-2H3. The predicted molar refractivity (Wildman–Crippen MR) is 142 cm³/mol. The number of hydrogen-bond donors (Lipinski definition) is 2. The molecule has 0 aliphatic heterocycles. The summed E-state index contributed by atoms with van der Waals surface area (Å²) in [5, 5.41) is 20.8. The first kappa shape index (κ1) is 27.8. The van der Waals surface area contributed by atoms with Gasteiger partial charge in [0.1, 0.15) is 0 Å². The van der Waals surface area contributed by atoms with Gasteiger partial charge in [0.15, 0.2) is 0 Å². The van der Waals surface area contributed by atoms with E-state index in [0.717, 1.165) is 50.4 Å². The number of rotatable bonds is 1. The maximum absolute atomic E-state index is 12.4. The normalized spacial score (nSPS) is 49.2. The number of aliphatic carboxylic acids is 1. The second-order valence-electron chi connectivity index (χ2n) is 12.8. The van der Waals surface area contributed by atoms with Gasteiger partial charge in [-0.05, 0) is 117 Å². The van der Waals surface area contributed by atoms with Crippen LogP contribution in [-0.2, 0) is 4.79 Å². The van der Waals surface area contributed by atoms with Gasteiger partial charge in [0.25, 0.3) is 0 Å². The number of aliphatic hydroxyl groups is 1. The first-order chi connectivity index (χ1) is 16.2. The van der Waals surface area contributed by atoms with Crippen molar-refractivity contribution in [3.8, 4) is 0 Å². The fourth-order valence-electron chi connectivity index (χ4n) is 10.4. The molecule has 34 heavy (non-hydrogen) atoms. The van der Waals surface area contributed by atoms with Gasteiger partial charge in [-0.2, -0.15) is 0 Å². The van der Waals surface area contributed by atoms with Crippen LogP contribution in [0.25, 0.3) is 0 Å². The lowest BCUT2D eigenvalue weighted by Crippen LogP contribution is -2.62. The van der Waals surface area contributed by atoms with Crippen LogP contribution in [0, 0.1) is 51.8 Å². The predicted octanol–water partition coefficient (Wildman–Crippen LogP) is 8.12. The van der Waals surface area contributed by atoms with Gasteiger partial charge in [-0.1, -0.05) is 53.5 Å². The maximum Gasteiger partial charge on any atom is 0.309 e. The van der Waals surface area contributed by atoms with Crippen LogP contribution in [0.4, 0.5) is 0 Å². The fourth-order valence-corrected chi connectivity index (χ4v) is 10.4. The third kappa shape index (κ3) is 4.20. The van der Waals surface area contributed by atoms with E-state index >= 15 is 0 Å². The van der Waals surface area contributed by atoms with Gasteiger partial charge in [-0.15, -0.1) is 6.58 Å². The van der Waals surface area contributed by atoms with Gasteiger partial charge in [-0.3, -0.25) is 4.79 Å². The molecule has 5 rings (SSSR count). The zero-order valence-corrected chi connectivity index (χ0v) is 23.1. The molecule has 0 saturated heterocycles. The second kappa shape index (κ2) is 10.7. The van der Waals surface area contributed by atoms with Crippen molar-refractivity contribution in [2.75, 3.05) is 0 Å². The number of carboxylic acid groups (broad SMARTS) is 1. The van der Waals surface area contributed by atoms with Crippen LogP contribution >= 0.6 is 0 Å². The Morgan fingerprint density at radius 2 is 1.44 bits per heavy atom. The number of allylic oxidation sites excluding steroid dienone is 1. The summed E-state index contributed by atoms with van der Waals surface area (Å²) in [6, 6.07) is 0. The average molecular weight is 475 g/mol. The molecular formula is C31H54O3. The molecular weight excluding hydrogens is 420 g/mol. The molecule has 5 aliphatic carbocycles. The van der Waals surface area contributed by atoms with Crippen LogP contribution in [0.2, 0.25) is 0 Å². The van der Waals surface area contributed by atoms with Gasteiger partial charge in [0.2, 0.25) is 0 Å². The topological polar surface area (TPSA) is 57.5 Å². The Bertz CT molecular complexity index is 717. The summed E-state index contributed by atoms with van der Waals surface area (Å²) in [4.78, 5) is 12.4. The first-order valence-electron chi connectivity index (χ1n) is 14.6. The highest BCUT2D eigenvalue weighted by Crippen LogP contribution is 2.71. The molecule has 2 N–H and O–H groups in total. The van der Waals surface area contributed by atoms with Gasteiger partial charge in [0.05, 0.1) is 11.5 Å². The van der Waals surface area contributed by atoms with Crippen LogP contribution in [0.15, 0.2) is 12.7 Å². The van der Waals surface area contributed by atoms with Crippen molar-refractivity contribution < 1.29 is 15.0 Å². The second-order valence-corrected chi connectivity index (χ2v) is 12.8.